The Balaban J connectivity index is 1.41. The van der Waals surface area contributed by atoms with Gasteiger partial charge in [0.2, 0.25) is 0 Å². The number of hydrogen-bond acceptors (Lipinski definition) is 7. The molecule has 3 aromatic heterocycles. The number of carbonyl (C=O) groups excluding carboxylic acids is 1. The predicted octanol–water partition coefficient (Wildman–Crippen LogP) is 6.46. The molecule has 38 heavy (non-hydrogen) atoms. The topological polar surface area (TPSA) is 90.4 Å². The lowest BCUT2D eigenvalue weighted by Gasteiger charge is -2.18. The summed E-state index contributed by atoms with van der Waals surface area (Å²) in [4.78, 5) is 15.6. The SMILES string of the molecule is Cc1noc(C)c1-c1ccc(CNCC(CC=O)c2ccc(OC(F)F)c3oc4cnccc4c23)c(F)c1. The van der Waals surface area contributed by atoms with Crippen LogP contribution in [0.25, 0.3) is 33.1 Å². The molecule has 0 spiro atoms. The zero-order chi connectivity index (χ0) is 26.8. The van der Waals surface area contributed by atoms with Crippen LogP contribution in [0.1, 0.15) is 34.9 Å². The highest BCUT2D eigenvalue weighted by molar-refractivity contribution is 6.08. The molecule has 0 aliphatic carbocycles. The highest BCUT2D eigenvalue weighted by Crippen LogP contribution is 2.40. The van der Waals surface area contributed by atoms with E-state index in [1.54, 1.807) is 38.2 Å². The molecule has 7 nitrogen and oxygen atoms in total. The maximum Gasteiger partial charge on any atom is 0.387 e. The van der Waals surface area contributed by atoms with Crippen LogP contribution < -0.4 is 10.1 Å². The fraction of sp³-hybridized carbons (Fsp3) is 0.250. The maximum atomic E-state index is 14.9. The van der Waals surface area contributed by atoms with E-state index in [1.807, 2.05) is 6.07 Å². The number of aryl methyl sites for hydroxylation is 2. The van der Waals surface area contributed by atoms with Crippen molar-refractivity contribution in [3.05, 3.63) is 77.2 Å². The van der Waals surface area contributed by atoms with Crippen LogP contribution in [-0.4, -0.2) is 29.6 Å². The molecule has 0 fully saturated rings. The summed E-state index contributed by atoms with van der Waals surface area (Å²) in [5.74, 6) is -0.211. The van der Waals surface area contributed by atoms with E-state index in [1.165, 1.54) is 18.3 Å². The zero-order valence-corrected chi connectivity index (χ0v) is 20.6. The van der Waals surface area contributed by atoms with Gasteiger partial charge in [0.05, 0.1) is 11.9 Å². The minimum Gasteiger partial charge on any atom is -0.451 e. The summed E-state index contributed by atoms with van der Waals surface area (Å²) in [7, 11) is 0. The Hall–Kier alpha value is -4.18. The Morgan fingerprint density at radius 3 is 2.71 bits per heavy atom. The summed E-state index contributed by atoms with van der Waals surface area (Å²) in [6, 6.07) is 9.74. The van der Waals surface area contributed by atoms with E-state index in [4.69, 9.17) is 8.94 Å². The molecule has 0 aliphatic heterocycles. The monoisotopic (exact) mass is 523 g/mol. The van der Waals surface area contributed by atoms with Gasteiger partial charge in [-0.15, -0.1) is 0 Å². The van der Waals surface area contributed by atoms with Crippen molar-refractivity contribution in [2.75, 3.05) is 6.54 Å². The van der Waals surface area contributed by atoms with Crippen LogP contribution in [-0.2, 0) is 11.3 Å². The number of nitrogens with zero attached hydrogens (tertiary/aromatic N) is 2. The molecule has 1 N–H and O–H groups in total. The quantitative estimate of drug-likeness (QED) is 0.210. The van der Waals surface area contributed by atoms with Crippen LogP contribution in [0, 0.1) is 19.7 Å². The summed E-state index contributed by atoms with van der Waals surface area (Å²) in [6.45, 7) is 1.09. The van der Waals surface area contributed by atoms with Crippen molar-refractivity contribution in [3.63, 3.8) is 0 Å². The number of furan rings is 1. The zero-order valence-electron chi connectivity index (χ0n) is 20.6. The number of pyridine rings is 1. The van der Waals surface area contributed by atoms with E-state index < -0.39 is 6.61 Å². The van der Waals surface area contributed by atoms with E-state index in [0.717, 1.165) is 17.4 Å². The van der Waals surface area contributed by atoms with Crippen molar-refractivity contribution in [2.45, 2.75) is 39.3 Å². The van der Waals surface area contributed by atoms with Gasteiger partial charge in [0.1, 0.15) is 17.9 Å². The smallest absolute Gasteiger partial charge is 0.387 e. The van der Waals surface area contributed by atoms with E-state index in [2.05, 4.69) is 20.2 Å². The van der Waals surface area contributed by atoms with Gasteiger partial charge in [0, 0.05) is 53.5 Å². The molecule has 0 saturated carbocycles. The molecule has 0 amide bonds. The number of aromatic nitrogens is 2. The Labute approximate surface area is 215 Å². The van der Waals surface area contributed by atoms with Gasteiger partial charge in [-0.1, -0.05) is 23.4 Å². The average Bonchev–Trinajstić information content (AvgIpc) is 3.44. The van der Waals surface area contributed by atoms with Crippen molar-refractivity contribution in [1.82, 2.24) is 15.5 Å². The molecule has 5 rings (SSSR count). The van der Waals surface area contributed by atoms with Gasteiger partial charge in [-0.2, -0.15) is 8.78 Å². The molecule has 5 aromatic rings. The molecule has 1 unspecified atom stereocenters. The number of halogens is 3. The Kier molecular flexibility index (Phi) is 7.15. The minimum absolute atomic E-state index is 0.104. The number of fused-ring (bicyclic) bond motifs is 3. The number of aldehydes is 1. The lowest BCUT2D eigenvalue weighted by Crippen LogP contribution is -2.22. The largest absolute Gasteiger partial charge is 0.451 e. The van der Waals surface area contributed by atoms with E-state index in [-0.39, 0.29) is 36.0 Å². The van der Waals surface area contributed by atoms with Gasteiger partial charge < -0.3 is 23.8 Å². The highest BCUT2D eigenvalue weighted by Gasteiger charge is 2.23. The van der Waals surface area contributed by atoms with Crippen molar-refractivity contribution in [1.29, 1.82) is 0 Å². The Bertz CT molecular complexity index is 1590. The van der Waals surface area contributed by atoms with E-state index >= 15 is 0 Å². The molecule has 0 saturated heterocycles. The lowest BCUT2D eigenvalue weighted by atomic mass is 9.91. The first kappa shape index (κ1) is 25.5. The van der Waals surface area contributed by atoms with Crippen LogP contribution >= 0.6 is 0 Å². The fourth-order valence-corrected chi connectivity index (χ4v) is 4.82. The number of hydrogen-bond donors (Lipinski definition) is 1. The normalized spacial score (nSPS) is 12.5. The number of nitrogens with one attached hydrogen (secondary N) is 1. The molecule has 1 atom stereocenters. The molecule has 0 radical (unpaired) electrons. The third-order valence-corrected chi connectivity index (χ3v) is 6.54. The molecule has 10 heteroatoms. The number of carbonyl (C=O) groups is 1. The van der Waals surface area contributed by atoms with Crippen molar-refractivity contribution >= 4 is 28.2 Å². The summed E-state index contributed by atoms with van der Waals surface area (Å²) >= 11 is 0. The fourth-order valence-electron chi connectivity index (χ4n) is 4.82. The Morgan fingerprint density at radius 1 is 1.16 bits per heavy atom. The first-order chi connectivity index (χ1) is 18.4. The molecule has 0 aliphatic rings. The van der Waals surface area contributed by atoms with Crippen molar-refractivity contribution in [2.24, 2.45) is 0 Å². The third-order valence-electron chi connectivity index (χ3n) is 6.54. The molecule has 2 aromatic carbocycles. The van der Waals surface area contributed by atoms with Gasteiger partial charge in [-0.05, 0) is 43.2 Å². The highest BCUT2D eigenvalue weighted by atomic mass is 19.3. The van der Waals surface area contributed by atoms with Crippen LogP contribution in [0.2, 0.25) is 0 Å². The van der Waals surface area contributed by atoms with Crippen LogP contribution in [0.5, 0.6) is 5.75 Å². The van der Waals surface area contributed by atoms with Crippen molar-refractivity contribution < 1.29 is 31.6 Å². The molecule has 196 valence electrons. The summed E-state index contributed by atoms with van der Waals surface area (Å²) < 4.78 is 56.7. The minimum atomic E-state index is -3.03. The first-order valence-electron chi connectivity index (χ1n) is 12.0. The number of ether oxygens (including phenoxy) is 1. The van der Waals surface area contributed by atoms with Gasteiger partial charge in [-0.25, -0.2) is 4.39 Å². The molecule has 3 heterocycles. The van der Waals surface area contributed by atoms with Gasteiger partial charge in [0.25, 0.3) is 0 Å². The van der Waals surface area contributed by atoms with Crippen LogP contribution in [0.3, 0.4) is 0 Å². The Morgan fingerprint density at radius 2 is 2.00 bits per heavy atom. The van der Waals surface area contributed by atoms with Crippen molar-refractivity contribution in [3.8, 4) is 16.9 Å². The van der Waals surface area contributed by atoms with E-state index in [9.17, 15) is 18.0 Å². The van der Waals surface area contributed by atoms with Gasteiger partial charge in [-0.3, -0.25) is 4.98 Å². The average molecular weight is 524 g/mol. The second-order valence-corrected chi connectivity index (χ2v) is 8.95. The van der Waals surface area contributed by atoms with E-state index in [0.29, 0.717) is 45.5 Å². The first-order valence-corrected chi connectivity index (χ1v) is 12.0. The van der Waals surface area contributed by atoms with Crippen LogP contribution in [0.4, 0.5) is 13.2 Å². The second-order valence-electron chi connectivity index (χ2n) is 8.95. The van der Waals surface area contributed by atoms with Gasteiger partial charge in [0.15, 0.2) is 16.9 Å². The summed E-state index contributed by atoms with van der Waals surface area (Å²) in [5.41, 5.74) is 3.87. The standard InChI is InChI=1S/C28H24F3N3O4/c1-15-25(16(2)38-34-15)17-3-4-19(22(29)11-17)13-33-12-18(8-10-35)20-5-6-23(37-28(30)31)27-26(20)21-7-9-32-14-24(21)36-27/h3-7,9-11,14,18,28,33H,8,12-13H2,1-2H3. The maximum absolute atomic E-state index is 14.9. The summed E-state index contributed by atoms with van der Waals surface area (Å²) in [6.07, 6.45) is 4.02. The molecule has 0 bridgehead atoms. The number of alkyl halides is 2. The third kappa shape index (κ3) is 4.87. The molecular weight excluding hydrogens is 499 g/mol. The predicted molar refractivity (Wildman–Crippen MR) is 135 cm³/mol. The number of rotatable bonds is 10. The summed E-state index contributed by atoms with van der Waals surface area (Å²) in [5, 5.41) is 8.39. The van der Waals surface area contributed by atoms with Crippen LogP contribution in [0.15, 0.2) is 57.7 Å². The second kappa shape index (κ2) is 10.7. The number of benzene rings is 2. The van der Waals surface area contributed by atoms with Gasteiger partial charge >= 0.3 is 6.61 Å². The lowest BCUT2D eigenvalue weighted by molar-refractivity contribution is -0.108. The molecular formula is C28H24F3N3O4.